The molecule has 1 rings (SSSR count). The summed E-state index contributed by atoms with van der Waals surface area (Å²) in [6.45, 7) is 0.712. The van der Waals surface area contributed by atoms with Gasteiger partial charge in [0.05, 0.1) is 6.04 Å². The fourth-order valence-corrected chi connectivity index (χ4v) is 1.56. The smallest absolute Gasteiger partial charge is 0.223 e. The lowest BCUT2D eigenvalue weighted by molar-refractivity contribution is -0.125. The molecular weight excluding hydrogens is 184 g/mol. The number of methoxy groups -OCH3 is 1. The van der Waals surface area contributed by atoms with E-state index in [4.69, 9.17) is 5.73 Å². The predicted molar refractivity (Wildman–Crippen MR) is 50.6 cm³/mol. The Kier molecular flexibility index (Phi) is 4.03. The number of ketones is 1. The van der Waals surface area contributed by atoms with Gasteiger partial charge in [-0.15, -0.1) is 0 Å². The quantitative estimate of drug-likeness (QED) is 0.600. The summed E-state index contributed by atoms with van der Waals surface area (Å²) in [5.41, 5.74) is 5.64. The number of nitrogens with two attached hydrogens (primary N) is 1. The molecule has 0 spiro atoms. The van der Waals surface area contributed by atoms with Crippen molar-refractivity contribution in [3.8, 4) is 0 Å². The summed E-state index contributed by atoms with van der Waals surface area (Å²) < 4.78 is 4.69. The van der Waals surface area contributed by atoms with E-state index in [0.29, 0.717) is 13.0 Å². The maximum Gasteiger partial charge on any atom is 0.223 e. The van der Waals surface area contributed by atoms with E-state index in [1.54, 1.807) is 0 Å². The number of nitrogens with one attached hydrogen (secondary N) is 1. The molecule has 1 amide bonds. The largest absolute Gasteiger partial charge is 0.377 e. The molecule has 3 N–H and O–H groups in total. The molecule has 5 heteroatoms. The Bertz CT molecular complexity index is 230. The van der Waals surface area contributed by atoms with E-state index in [-0.39, 0.29) is 24.2 Å². The van der Waals surface area contributed by atoms with Gasteiger partial charge in [-0.2, -0.15) is 0 Å². The van der Waals surface area contributed by atoms with Gasteiger partial charge in [0, 0.05) is 19.6 Å². The molecule has 1 saturated heterocycles. The van der Waals surface area contributed by atoms with E-state index in [1.807, 2.05) is 0 Å². The summed E-state index contributed by atoms with van der Waals surface area (Å²) in [7, 11) is 1.45. The van der Waals surface area contributed by atoms with Crippen molar-refractivity contribution in [1.29, 1.82) is 0 Å². The normalized spacial score (nSPS) is 23.3. The minimum absolute atomic E-state index is 0.00525. The highest BCUT2D eigenvalue weighted by molar-refractivity contribution is 5.86. The van der Waals surface area contributed by atoms with E-state index in [0.717, 1.165) is 6.42 Å². The third kappa shape index (κ3) is 2.78. The summed E-state index contributed by atoms with van der Waals surface area (Å²) >= 11 is 0. The van der Waals surface area contributed by atoms with E-state index < -0.39 is 6.04 Å². The Balaban J connectivity index is 2.35. The van der Waals surface area contributed by atoms with Crippen LogP contribution in [0.4, 0.5) is 0 Å². The van der Waals surface area contributed by atoms with Crippen molar-refractivity contribution in [1.82, 2.24) is 5.32 Å². The van der Waals surface area contributed by atoms with Gasteiger partial charge in [-0.05, 0) is 12.8 Å². The average Bonchev–Trinajstić information content (AvgIpc) is 2.52. The monoisotopic (exact) mass is 200 g/mol. The van der Waals surface area contributed by atoms with Crippen molar-refractivity contribution in [3.63, 3.8) is 0 Å². The van der Waals surface area contributed by atoms with Crippen molar-refractivity contribution >= 4 is 11.7 Å². The fourth-order valence-electron chi connectivity index (χ4n) is 1.56. The molecule has 1 aliphatic heterocycles. The molecule has 14 heavy (non-hydrogen) atoms. The lowest BCUT2D eigenvalue weighted by Gasteiger charge is -2.12. The first-order valence-corrected chi connectivity index (χ1v) is 4.70. The van der Waals surface area contributed by atoms with Crippen molar-refractivity contribution in [2.24, 2.45) is 11.7 Å². The summed E-state index contributed by atoms with van der Waals surface area (Å²) in [5, 5.41) is 2.71. The van der Waals surface area contributed by atoms with Crippen molar-refractivity contribution < 1.29 is 14.3 Å². The van der Waals surface area contributed by atoms with Gasteiger partial charge >= 0.3 is 0 Å². The van der Waals surface area contributed by atoms with Crippen LogP contribution < -0.4 is 11.1 Å². The Labute approximate surface area is 83.0 Å². The molecule has 0 radical (unpaired) electrons. The van der Waals surface area contributed by atoms with Crippen LogP contribution in [0, 0.1) is 5.92 Å². The first kappa shape index (κ1) is 11.1. The van der Waals surface area contributed by atoms with Crippen molar-refractivity contribution in [2.75, 3.05) is 20.3 Å². The zero-order valence-corrected chi connectivity index (χ0v) is 8.29. The number of carbonyl (C=O) groups is 2. The standard InChI is InChI=1S/C9H16N2O3/c1-14-5-8(12)7(10)4-6-2-3-11-9(6)13/h6-7H,2-5,10H2,1H3,(H,11,13)/t6-,7-/m0/s1. The number of rotatable bonds is 5. The summed E-state index contributed by atoms with van der Waals surface area (Å²) in [6.07, 6.45) is 1.20. The Morgan fingerprint density at radius 2 is 2.50 bits per heavy atom. The second-order valence-corrected chi connectivity index (χ2v) is 3.52. The molecule has 0 aromatic heterocycles. The first-order chi connectivity index (χ1) is 6.65. The molecule has 2 atom stereocenters. The number of hydrogen-bond acceptors (Lipinski definition) is 4. The lowest BCUT2D eigenvalue weighted by atomic mass is 9.97. The van der Waals surface area contributed by atoms with Crippen LogP contribution in [0.2, 0.25) is 0 Å². The highest BCUT2D eigenvalue weighted by atomic mass is 16.5. The molecule has 0 aromatic rings. The lowest BCUT2D eigenvalue weighted by Crippen LogP contribution is -2.36. The maximum absolute atomic E-state index is 11.3. The van der Waals surface area contributed by atoms with Crippen molar-refractivity contribution in [2.45, 2.75) is 18.9 Å². The average molecular weight is 200 g/mol. The van der Waals surface area contributed by atoms with E-state index in [9.17, 15) is 9.59 Å². The van der Waals surface area contributed by atoms with Gasteiger partial charge in [-0.25, -0.2) is 0 Å². The molecule has 5 nitrogen and oxygen atoms in total. The van der Waals surface area contributed by atoms with Crippen LogP contribution in [0.15, 0.2) is 0 Å². The van der Waals surface area contributed by atoms with Crippen LogP contribution in [0.5, 0.6) is 0 Å². The summed E-state index contributed by atoms with van der Waals surface area (Å²) in [4.78, 5) is 22.4. The molecule has 0 unspecified atom stereocenters. The molecule has 1 heterocycles. The third-order valence-corrected chi connectivity index (χ3v) is 2.40. The summed E-state index contributed by atoms with van der Waals surface area (Å²) in [6, 6.07) is -0.580. The Morgan fingerprint density at radius 1 is 1.79 bits per heavy atom. The van der Waals surface area contributed by atoms with Crippen LogP contribution in [-0.4, -0.2) is 38.0 Å². The Morgan fingerprint density at radius 3 is 3.00 bits per heavy atom. The molecule has 0 aliphatic carbocycles. The van der Waals surface area contributed by atoms with Gasteiger partial charge in [-0.3, -0.25) is 9.59 Å². The number of hydrogen-bond donors (Lipinski definition) is 2. The van der Waals surface area contributed by atoms with Crippen LogP contribution in [0.1, 0.15) is 12.8 Å². The highest BCUT2D eigenvalue weighted by Crippen LogP contribution is 2.15. The molecule has 0 aromatic carbocycles. The summed E-state index contributed by atoms with van der Waals surface area (Å²) in [5.74, 6) is -0.247. The van der Waals surface area contributed by atoms with E-state index in [1.165, 1.54) is 7.11 Å². The SMILES string of the molecule is COCC(=O)[C@@H](N)C[C@@H]1CCNC1=O. The van der Waals surface area contributed by atoms with Crippen molar-refractivity contribution in [3.05, 3.63) is 0 Å². The zero-order chi connectivity index (χ0) is 10.6. The third-order valence-electron chi connectivity index (χ3n) is 2.40. The molecule has 1 aliphatic rings. The Hall–Kier alpha value is -0.940. The van der Waals surface area contributed by atoms with E-state index >= 15 is 0 Å². The minimum atomic E-state index is -0.580. The number of carbonyl (C=O) groups excluding carboxylic acids is 2. The van der Waals surface area contributed by atoms with Gasteiger partial charge in [0.15, 0.2) is 5.78 Å². The molecule has 1 fully saturated rings. The van der Waals surface area contributed by atoms with Crippen LogP contribution in [0.25, 0.3) is 0 Å². The van der Waals surface area contributed by atoms with E-state index in [2.05, 4.69) is 10.1 Å². The zero-order valence-electron chi connectivity index (χ0n) is 8.29. The van der Waals surface area contributed by atoms with Gasteiger partial charge in [-0.1, -0.05) is 0 Å². The minimum Gasteiger partial charge on any atom is -0.377 e. The molecular formula is C9H16N2O3. The second-order valence-electron chi connectivity index (χ2n) is 3.52. The molecule has 0 saturated carbocycles. The molecule has 0 bridgehead atoms. The first-order valence-electron chi connectivity index (χ1n) is 4.70. The van der Waals surface area contributed by atoms with Crippen LogP contribution in [0.3, 0.4) is 0 Å². The van der Waals surface area contributed by atoms with Gasteiger partial charge in [0.2, 0.25) is 5.91 Å². The predicted octanol–water partition coefficient (Wildman–Crippen LogP) is -0.945. The maximum atomic E-state index is 11.3. The number of Topliss-reactive ketones (excluding diaryl/α,β-unsaturated/α-hetero) is 1. The molecule has 80 valence electrons. The highest BCUT2D eigenvalue weighted by Gasteiger charge is 2.28. The number of ether oxygens (including phenoxy) is 1. The second kappa shape index (κ2) is 5.07. The fraction of sp³-hybridized carbons (Fsp3) is 0.778. The topological polar surface area (TPSA) is 81.4 Å². The van der Waals surface area contributed by atoms with Gasteiger partial charge < -0.3 is 15.8 Å². The van der Waals surface area contributed by atoms with Crippen LogP contribution >= 0.6 is 0 Å². The van der Waals surface area contributed by atoms with Gasteiger partial charge in [0.1, 0.15) is 6.61 Å². The van der Waals surface area contributed by atoms with Gasteiger partial charge in [0.25, 0.3) is 0 Å². The van der Waals surface area contributed by atoms with Crippen LogP contribution in [-0.2, 0) is 14.3 Å². The number of amides is 1.